The molecule has 1 saturated carbocycles. The maximum Gasteiger partial charge on any atom is 0.140 e. The zero-order valence-corrected chi connectivity index (χ0v) is 9.84. The van der Waals surface area contributed by atoms with Crippen LogP contribution >= 0.6 is 0 Å². The van der Waals surface area contributed by atoms with Crippen molar-refractivity contribution >= 4 is 0 Å². The lowest BCUT2D eigenvalue weighted by molar-refractivity contribution is 0.351. The summed E-state index contributed by atoms with van der Waals surface area (Å²) in [5, 5.41) is 7.55. The zero-order chi connectivity index (χ0) is 10.9. The standard InChI is InChI=1S/C12H20N2O/c1-4-12(2,3)13-8-10-7-11(15-14-10)9-5-6-9/h7,9,13H,4-6,8H2,1-3H3. The lowest BCUT2D eigenvalue weighted by Gasteiger charge is -2.23. The van der Waals surface area contributed by atoms with E-state index in [1.165, 1.54) is 12.8 Å². The first-order chi connectivity index (χ1) is 7.11. The smallest absolute Gasteiger partial charge is 0.140 e. The average Bonchev–Trinajstić information content (AvgIpc) is 2.96. The van der Waals surface area contributed by atoms with Crippen LogP contribution < -0.4 is 5.32 Å². The minimum Gasteiger partial charge on any atom is -0.361 e. The summed E-state index contributed by atoms with van der Waals surface area (Å²) in [4.78, 5) is 0. The first kappa shape index (κ1) is 10.7. The van der Waals surface area contributed by atoms with E-state index in [-0.39, 0.29) is 5.54 Å². The van der Waals surface area contributed by atoms with Crippen LogP contribution in [0.25, 0.3) is 0 Å². The van der Waals surface area contributed by atoms with Gasteiger partial charge in [-0.1, -0.05) is 12.1 Å². The van der Waals surface area contributed by atoms with Crippen molar-refractivity contribution in [2.24, 2.45) is 0 Å². The first-order valence-corrected chi connectivity index (χ1v) is 5.81. The first-order valence-electron chi connectivity index (χ1n) is 5.81. The van der Waals surface area contributed by atoms with Crippen molar-refractivity contribution in [3.8, 4) is 0 Å². The third-order valence-corrected chi connectivity index (χ3v) is 3.19. The largest absolute Gasteiger partial charge is 0.361 e. The summed E-state index contributed by atoms with van der Waals surface area (Å²) in [5.74, 6) is 1.73. The van der Waals surface area contributed by atoms with Crippen LogP contribution in [-0.2, 0) is 6.54 Å². The molecule has 1 N–H and O–H groups in total. The van der Waals surface area contributed by atoms with E-state index < -0.39 is 0 Å². The molecule has 0 bridgehead atoms. The Bertz CT molecular complexity index is 326. The Balaban J connectivity index is 1.87. The highest BCUT2D eigenvalue weighted by molar-refractivity contribution is 5.14. The Labute approximate surface area is 91.2 Å². The molecule has 0 saturated heterocycles. The third-order valence-electron chi connectivity index (χ3n) is 3.19. The Morgan fingerprint density at radius 3 is 2.87 bits per heavy atom. The van der Waals surface area contributed by atoms with Crippen molar-refractivity contribution in [2.75, 3.05) is 0 Å². The minimum absolute atomic E-state index is 0.179. The van der Waals surface area contributed by atoms with E-state index in [1.54, 1.807) is 0 Å². The highest BCUT2D eigenvalue weighted by atomic mass is 16.5. The van der Waals surface area contributed by atoms with Crippen LogP contribution in [0, 0.1) is 0 Å². The topological polar surface area (TPSA) is 38.1 Å². The average molecular weight is 208 g/mol. The summed E-state index contributed by atoms with van der Waals surface area (Å²) < 4.78 is 5.30. The number of nitrogens with zero attached hydrogens (tertiary/aromatic N) is 1. The van der Waals surface area contributed by atoms with Crippen molar-refractivity contribution in [1.29, 1.82) is 0 Å². The molecule has 2 rings (SSSR count). The van der Waals surface area contributed by atoms with Crippen molar-refractivity contribution < 1.29 is 4.52 Å². The number of hydrogen-bond donors (Lipinski definition) is 1. The van der Waals surface area contributed by atoms with Crippen LogP contribution in [0.5, 0.6) is 0 Å². The van der Waals surface area contributed by atoms with Gasteiger partial charge in [-0.05, 0) is 33.1 Å². The molecule has 1 aromatic heterocycles. The molecule has 1 aliphatic rings. The Morgan fingerprint density at radius 2 is 2.27 bits per heavy atom. The molecule has 0 aromatic carbocycles. The molecule has 15 heavy (non-hydrogen) atoms. The van der Waals surface area contributed by atoms with E-state index >= 15 is 0 Å². The molecule has 1 heterocycles. The summed E-state index contributed by atoms with van der Waals surface area (Å²) in [6.07, 6.45) is 3.64. The highest BCUT2D eigenvalue weighted by Gasteiger charge is 2.27. The Morgan fingerprint density at radius 1 is 1.53 bits per heavy atom. The maximum atomic E-state index is 5.30. The van der Waals surface area contributed by atoms with Crippen LogP contribution in [0.3, 0.4) is 0 Å². The zero-order valence-electron chi connectivity index (χ0n) is 9.84. The van der Waals surface area contributed by atoms with Gasteiger partial charge in [0.15, 0.2) is 0 Å². The predicted molar refractivity (Wildman–Crippen MR) is 59.7 cm³/mol. The second-order valence-corrected chi connectivity index (χ2v) is 5.09. The van der Waals surface area contributed by atoms with E-state index in [0.717, 1.165) is 24.4 Å². The molecular weight excluding hydrogens is 188 g/mol. The van der Waals surface area contributed by atoms with Crippen LogP contribution in [0.1, 0.15) is 57.4 Å². The van der Waals surface area contributed by atoms with E-state index in [1.807, 2.05) is 0 Å². The third kappa shape index (κ3) is 2.81. The minimum atomic E-state index is 0.179. The van der Waals surface area contributed by atoms with Gasteiger partial charge in [0.25, 0.3) is 0 Å². The van der Waals surface area contributed by atoms with Gasteiger partial charge in [-0.2, -0.15) is 0 Å². The van der Waals surface area contributed by atoms with Gasteiger partial charge in [-0.25, -0.2) is 0 Å². The van der Waals surface area contributed by atoms with Crippen molar-refractivity contribution in [3.63, 3.8) is 0 Å². The van der Waals surface area contributed by atoms with E-state index in [0.29, 0.717) is 5.92 Å². The maximum absolute atomic E-state index is 5.30. The van der Waals surface area contributed by atoms with Gasteiger partial charge < -0.3 is 9.84 Å². The number of aromatic nitrogens is 1. The van der Waals surface area contributed by atoms with E-state index in [2.05, 4.69) is 37.3 Å². The van der Waals surface area contributed by atoms with Gasteiger partial charge in [0.2, 0.25) is 0 Å². The number of nitrogens with one attached hydrogen (secondary N) is 1. The van der Waals surface area contributed by atoms with Crippen LogP contribution in [0.15, 0.2) is 10.6 Å². The molecule has 1 aromatic rings. The highest BCUT2D eigenvalue weighted by Crippen LogP contribution is 2.40. The molecule has 1 aliphatic carbocycles. The SMILES string of the molecule is CCC(C)(C)NCc1cc(C2CC2)on1. The monoisotopic (exact) mass is 208 g/mol. The molecule has 0 atom stereocenters. The fourth-order valence-corrected chi connectivity index (χ4v) is 1.43. The van der Waals surface area contributed by atoms with Crippen molar-refractivity contribution in [2.45, 2.75) is 58.0 Å². The van der Waals surface area contributed by atoms with Gasteiger partial charge in [-0.15, -0.1) is 0 Å². The summed E-state index contributed by atoms with van der Waals surface area (Å²) in [7, 11) is 0. The summed E-state index contributed by atoms with van der Waals surface area (Å²) in [6, 6.07) is 2.09. The lowest BCUT2D eigenvalue weighted by Crippen LogP contribution is -2.37. The van der Waals surface area contributed by atoms with Crippen molar-refractivity contribution in [3.05, 3.63) is 17.5 Å². The Hall–Kier alpha value is -0.830. The van der Waals surface area contributed by atoms with Crippen LogP contribution in [0.4, 0.5) is 0 Å². The van der Waals surface area contributed by atoms with E-state index in [9.17, 15) is 0 Å². The Kier molecular flexibility index (Phi) is 2.83. The molecule has 3 nitrogen and oxygen atoms in total. The second-order valence-electron chi connectivity index (χ2n) is 5.09. The molecular formula is C12H20N2O. The number of rotatable bonds is 5. The van der Waals surface area contributed by atoms with Gasteiger partial charge in [0.05, 0.1) is 5.69 Å². The molecule has 0 unspecified atom stereocenters. The molecule has 0 radical (unpaired) electrons. The van der Waals surface area contributed by atoms with Crippen LogP contribution in [-0.4, -0.2) is 10.7 Å². The fraction of sp³-hybridized carbons (Fsp3) is 0.750. The van der Waals surface area contributed by atoms with Gasteiger partial charge in [0.1, 0.15) is 5.76 Å². The number of hydrogen-bond acceptors (Lipinski definition) is 3. The molecule has 0 spiro atoms. The summed E-state index contributed by atoms with van der Waals surface area (Å²) in [6.45, 7) is 7.40. The van der Waals surface area contributed by atoms with E-state index in [4.69, 9.17) is 4.52 Å². The summed E-state index contributed by atoms with van der Waals surface area (Å²) >= 11 is 0. The second kappa shape index (κ2) is 3.97. The fourth-order valence-electron chi connectivity index (χ4n) is 1.43. The summed E-state index contributed by atoms with van der Waals surface area (Å²) in [5.41, 5.74) is 1.21. The molecule has 3 heteroatoms. The van der Waals surface area contributed by atoms with Gasteiger partial charge in [0, 0.05) is 24.1 Å². The molecule has 0 amide bonds. The predicted octanol–water partition coefficient (Wildman–Crippen LogP) is 2.83. The normalized spacial score (nSPS) is 17.0. The molecule has 1 fully saturated rings. The van der Waals surface area contributed by atoms with Gasteiger partial charge in [-0.3, -0.25) is 0 Å². The quantitative estimate of drug-likeness (QED) is 0.808. The van der Waals surface area contributed by atoms with Crippen molar-refractivity contribution in [1.82, 2.24) is 10.5 Å². The van der Waals surface area contributed by atoms with Gasteiger partial charge >= 0.3 is 0 Å². The lowest BCUT2D eigenvalue weighted by atomic mass is 10.0. The van der Waals surface area contributed by atoms with Crippen LogP contribution in [0.2, 0.25) is 0 Å². The molecule has 84 valence electrons. The molecule has 0 aliphatic heterocycles.